The molecule has 0 aliphatic carbocycles. The molecule has 80 valence electrons. The zero-order chi connectivity index (χ0) is 9.73. The van der Waals surface area contributed by atoms with E-state index in [1.807, 2.05) is 0 Å². The third-order valence-electron chi connectivity index (χ3n) is 2.52. The predicted molar refractivity (Wildman–Crippen MR) is 47.7 cm³/mol. The van der Waals surface area contributed by atoms with Gasteiger partial charge in [-0.1, -0.05) is 0 Å². The molecule has 0 aromatic carbocycles. The average Bonchev–Trinajstić information content (AvgIpc) is 2.04. The van der Waals surface area contributed by atoms with Crippen LogP contribution in [0.25, 0.3) is 0 Å². The molecule has 0 spiro atoms. The summed E-state index contributed by atoms with van der Waals surface area (Å²) in [7, 11) is 2.26. The molecule has 1 rings (SSSR count). The van der Waals surface area contributed by atoms with Gasteiger partial charge >= 0.3 is 90.9 Å². The second kappa shape index (κ2) is 5.48. The van der Waals surface area contributed by atoms with Crippen LogP contribution in [0.15, 0.2) is 0 Å². The van der Waals surface area contributed by atoms with Crippen LogP contribution in [0, 0.1) is 0 Å². The van der Waals surface area contributed by atoms with Crippen molar-refractivity contribution in [2.24, 2.45) is 0 Å². The first kappa shape index (κ1) is 11.7. The van der Waals surface area contributed by atoms with Gasteiger partial charge in [0, 0.05) is 0 Å². The first-order valence-electron chi connectivity index (χ1n) is 4.92. The fourth-order valence-corrected chi connectivity index (χ4v) is 6.07. The second-order valence-corrected chi connectivity index (χ2v) is 8.43. The van der Waals surface area contributed by atoms with Crippen LogP contribution in [-0.2, 0) is 0 Å². The summed E-state index contributed by atoms with van der Waals surface area (Å²) in [4.78, 5) is 0. The van der Waals surface area contributed by atoms with Gasteiger partial charge < -0.3 is 0 Å². The molecule has 3 nitrogen and oxygen atoms in total. The monoisotopic (exact) mass is 301 g/mol. The van der Waals surface area contributed by atoms with Crippen molar-refractivity contribution in [1.29, 1.82) is 0 Å². The first-order valence-corrected chi connectivity index (χ1v) is 7.13. The summed E-state index contributed by atoms with van der Waals surface area (Å²) in [5, 5.41) is 17.8. The number of alkyl halides is 1. The minimum absolute atomic E-state index is 0.104. The summed E-state index contributed by atoms with van der Waals surface area (Å²) in [6, 6.07) is 0. The summed E-state index contributed by atoms with van der Waals surface area (Å²) >= 11 is 0.104. The molecule has 1 aliphatic rings. The first-order chi connectivity index (χ1) is 6.20. The van der Waals surface area contributed by atoms with Crippen molar-refractivity contribution in [2.45, 2.75) is 23.2 Å². The third kappa shape index (κ3) is 3.69. The van der Waals surface area contributed by atoms with Gasteiger partial charge in [0.25, 0.3) is 0 Å². The quantitative estimate of drug-likeness (QED) is 0.330. The van der Waals surface area contributed by atoms with Gasteiger partial charge in [0.15, 0.2) is 0 Å². The molecule has 4 heteroatoms. The molecule has 1 saturated heterocycles. The van der Waals surface area contributed by atoms with Gasteiger partial charge in [-0.3, -0.25) is 0 Å². The summed E-state index contributed by atoms with van der Waals surface area (Å²) in [5.41, 5.74) is 0. The fourth-order valence-electron chi connectivity index (χ4n) is 1.78. The van der Waals surface area contributed by atoms with Crippen LogP contribution in [0.3, 0.4) is 0 Å². The standard InChI is InChI=1S/C9H20INO2/c1-11(6-8-13)5-2-3-9(10-11)4-7-12/h9,12-13H,2-8H2,1H3. The second-order valence-electron chi connectivity index (χ2n) is 3.78. The van der Waals surface area contributed by atoms with E-state index >= 15 is 0 Å². The van der Waals surface area contributed by atoms with Crippen molar-refractivity contribution >= 4 is 0 Å². The molecule has 2 N–H and O–H groups in total. The van der Waals surface area contributed by atoms with E-state index in [0.29, 0.717) is 13.2 Å². The number of quaternary nitrogens is 1. The number of halogens is 1. The summed E-state index contributed by atoms with van der Waals surface area (Å²) < 4.78 is 1.87. The van der Waals surface area contributed by atoms with E-state index in [1.54, 1.807) is 0 Å². The minimum atomic E-state index is 0.104. The van der Waals surface area contributed by atoms with Gasteiger partial charge in [-0.15, -0.1) is 0 Å². The van der Waals surface area contributed by atoms with Gasteiger partial charge in [-0.2, -0.15) is 0 Å². The summed E-state index contributed by atoms with van der Waals surface area (Å²) in [6.45, 7) is 2.79. The number of aliphatic hydroxyl groups excluding tert-OH is 2. The van der Waals surface area contributed by atoms with Crippen LogP contribution in [0.2, 0.25) is 0 Å². The van der Waals surface area contributed by atoms with E-state index in [2.05, 4.69) is 7.05 Å². The van der Waals surface area contributed by atoms with Crippen molar-refractivity contribution < 1.29 is 34.4 Å². The Morgan fingerprint density at radius 3 is 2.77 bits per heavy atom. The SMILES string of the molecule is C[N+]1(CCO)CCCC(CCO)[I-]1. The van der Waals surface area contributed by atoms with Crippen LogP contribution in [-0.4, -0.2) is 50.2 Å². The summed E-state index contributed by atoms with van der Waals surface area (Å²) in [5.74, 6) is 0. The maximum absolute atomic E-state index is 8.95. The molecule has 2 atom stereocenters. The number of nitrogens with zero attached hydrogens (tertiary/aromatic N) is 1. The zero-order valence-corrected chi connectivity index (χ0v) is 10.4. The Kier molecular flexibility index (Phi) is 4.93. The Hall–Kier alpha value is 0.610. The Morgan fingerprint density at radius 2 is 2.15 bits per heavy atom. The van der Waals surface area contributed by atoms with Gasteiger partial charge in [-0.05, 0) is 0 Å². The van der Waals surface area contributed by atoms with Crippen molar-refractivity contribution in [2.75, 3.05) is 33.4 Å². The van der Waals surface area contributed by atoms with Gasteiger partial charge in [0.2, 0.25) is 0 Å². The van der Waals surface area contributed by atoms with E-state index < -0.39 is 0 Å². The third-order valence-corrected chi connectivity index (χ3v) is 6.87. The molecule has 0 aromatic heterocycles. The van der Waals surface area contributed by atoms with Crippen LogP contribution in [0.4, 0.5) is 0 Å². The number of rotatable bonds is 4. The van der Waals surface area contributed by atoms with Crippen LogP contribution in [0.5, 0.6) is 0 Å². The normalized spacial score (nSPS) is 35.5. The summed E-state index contributed by atoms with van der Waals surface area (Å²) in [6.07, 6.45) is 3.54. The Balaban J connectivity index is 2.39. The van der Waals surface area contributed by atoms with Gasteiger partial charge in [0.1, 0.15) is 0 Å². The Labute approximate surface area is 91.0 Å². The number of aliphatic hydroxyl groups is 2. The van der Waals surface area contributed by atoms with E-state index in [-0.39, 0.29) is 21.5 Å². The van der Waals surface area contributed by atoms with E-state index in [9.17, 15) is 0 Å². The van der Waals surface area contributed by atoms with Crippen LogP contribution >= 0.6 is 0 Å². The molecule has 1 aliphatic heterocycles. The van der Waals surface area contributed by atoms with E-state index in [1.165, 1.54) is 19.4 Å². The van der Waals surface area contributed by atoms with Gasteiger partial charge in [-0.25, -0.2) is 0 Å². The molecule has 0 amide bonds. The van der Waals surface area contributed by atoms with Crippen molar-refractivity contribution in [1.82, 2.24) is 0 Å². The van der Waals surface area contributed by atoms with Gasteiger partial charge in [0.05, 0.1) is 0 Å². The molecular formula is C9H20INO2. The Morgan fingerprint density at radius 1 is 1.38 bits per heavy atom. The molecular weight excluding hydrogens is 281 g/mol. The molecule has 0 aromatic rings. The molecule has 0 saturated carbocycles. The van der Waals surface area contributed by atoms with Crippen molar-refractivity contribution in [3.8, 4) is 0 Å². The molecule has 1 fully saturated rings. The molecule has 0 bridgehead atoms. The molecule has 2 unspecified atom stereocenters. The maximum atomic E-state index is 8.95. The molecule has 1 heterocycles. The zero-order valence-electron chi connectivity index (χ0n) is 8.25. The Bertz CT molecular complexity index is 151. The molecule has 0 radical (unpaired) electrons. The van der Waals surface area contributed by atoms with Crippen LogP contribution < -0.4 is 21.5 Å². The van der Waals surface area contributed by atoms with Crippen molar-refractivity contribution in [3.05, 3.63) is 0 Å². The molecule has 13 heavy (non-hydrogen) atoms. The number of likely N-dealkylation sites (N-methyl/N-ethyl adjacent to an activating group) is 1. The van der Waals surface area contributed by atoms with Crippen LogP contribution in [0.1, 0.15) is 19.3 Å². The fraction of sp³-hybridized carbons (Fsp3) is 1.00. The average molecular weight is 301 g/mol. The van der Waals surface area contributed by atoms with E-state index in [0.717, 1.165) is 19.6 Å². The van der Waals surface area contributed by atoms with Crippen molar-refractivity contribution in [3.63, 3.8) is 0 Å². The number of hydrogen-bond acceptors (Lipinski definition) is 2. The van der Waals surface area contributed by atoms with E-state index in [4.69, 9.17) is 10.2 Å². The number of hydrogen-bond donors (Lipinski definition) is 2. The predicted octanol–water partition coefficient (Wildman–Crippen LogP) is -3.03. The topological polar surface area (TPSA) is 40.5 Å².